The molecule has 0 aromatic carbocycles. The van der Waals surface area contributed by atoms with Gasteiger partial charge in [-0.1, -0.05) is 0 Å². The van der Waals surface area contributed by atoms with E-state index in [2.05, 4.69) is 11.5 Å². The fraction of sp³-hybridized carbons (Fsp3) is 0.750. The van der Waals surface area contributed by atoms with Crippen LogP contribution in [0.5, 0.6) is 0 Å². The maximum Gasteiger partial charge on any atom is 0.0935 e. The first-order chi connectivity index (χ1) is 9.33. The molecular formula is C16H24N2O. The summed E-state index contributed by atoms with van der Waals surface area (Å²) in [6.45, 7) is 0. The first-order valence-electron chi connectivity index (χ1n) is 7.80. The maximum absolute atomic E-state index is 5.89. The number of nitrogens with one attached hydrogen (secondary N) is 1. The highest BCUT2D eigenvalue weighted by Gasteiger charge is 2.50. The van der Waals surface area contributed by atoms with E-state index in [0.717, 1.165) is 36.0 Å². The van der Waals surface area contributed by atoms with E-state index in [0.29, 0.717) is 6.04 Å². The van der Waals surface area contributed by atoms with Crippen molar-refractivity contribution in [2.75, 3.05) is 0 Å². The number of hydrogen-bond donors (Lipinski definition) is 2. The van der Waals surface area contributed by atoms with E-state index in [9.17, 15) is 0 Å². The largest absolute Gasteiger partial charge is 0.472 e. The Morgan fingerprint density at radius 3 is 2.37 bits per heavy atom. The average Bonchev–Trinajstić information content (AvgIpc) is 2.89. The van der Waals surface area contributed by atoms with Crippen molar-refractivity contribution in [2.45, 2.75) is 44.6 Å². The van der Waals surface area contributed by atoms with Gasteiger partial charge in [0.25, 0.3) is 0 Å². The summed E-state index contributed by atoms with van der Waals surface area (Å²) in [5, 5.41) is 0. The molecule has 4 fully saturated rings. The molecule has 0 aliphatic heterocycles. The van der Waals surface area contributed by atoms with Crippen LogP contribution in [0.4, 0.5) is 0 Å². The van der Waals surface area contributed by atoms with Gasteiger partial charge in [-0.05, 0) is 79.7 Å². The Labute approximate surface area is 114 Å². The molecule has 3 nitrogen and oxygen atoms in total. The van der Waals surface area contributed by atoms with Gasteiger partial charge in [0.15, 0.2) is 0 Å². The summed E-state index contributed by atoms with van der Waals surface area (Å²) in [7, 11) is 0. The predicted octanol–water partition coefficient (Wildman–Crippen LogP) is 2.73. The molecule has 1 aromatic rings. The summed E-state index contributed by atoms with van der Waals surface area (Å²) >= 11 is 0. The summed E-state index contributed by atoms with van der Waals surface area (Å²) in [4.78, 5) is 0. The normalized spacial score (nSPS) is 41.6. The smallest absolute Gasteiger partial charge is 0.0935 e. The number of hydrogen-bond acceptors (Lipinski definition) is 3. The summed E-state index contributed by atoms with van der Waals surface area (Å²) in [5.74, 6) is 10.6. The van der Waals surface area contributed by atoms with E-state index in [-0.39, 0.29) is 0 Å². The fourth-order valence-electron chi connectivity index (χ4n) is 5.59. The lowest BCUT2D eigenvalue weighted by Crippen LogP contribution is -2.55. The zero-order valence-electron chi connectivity index (χ0n) is 11.4. The topological polar surface area (TPSA) is 51.2 Å². The quantitative estimate of drug-likeness (QED) is 0.646. The third-order valence-electron chi connectivity index (χ3n) is 6.01. The molecule has 4 bridgehead atoms. The lowest BCUT2D eigenvalue weighted by Gasteiger charge is -2.56. The van der Waals surface area contributed by atoms with Gasteiger partial charge in [0.2, 0.25) is 0 Å². The van der Waals surface area contributed by atoms with Crippen LogP contribution < -0.4 is 11.3 Å². The van der Waals surface area contributed by atoms with Gasteiger partial charge in [0.1, 0.15) is 0 Å². The molecule has 1 unspecified atom stereocenters. The third-order valence-corrected chi connectivity index (χ3v) is 6.01. The van der Waals surface area contributed by atoms with Crippen LogP contribution in [-0.2, 0) is 6.42 Å². The van der Waals surface area contributed by atoms with Gasteiger partial charge in [-0.15, -0.1) is 0 Å². The van der Waals surface area contributed by atoms with Crippen molar-refractivity contribution in [3.05, 3.63) is 24.2 Å². The van der Waals surface area contributed by atoms with Gasteiger partial charge >= 0.3 is 0 Å². The molecule has 4 aliphatic rings. The molecule has 19 heavy (non-hydrogen) atoms. The molecule has 0 radical (unpaired) electrons. The van der Waals surface area contributed by atoms with Crippen molar-refractivity contribution in [2.24, 2.45) is 35.4 Å². The predicted molar refractivity (Wildman–Crippen MR) is 74.1 cm³/mol. The monoisotopic (exact) mass is 260 g/mol. The van der Waals surface area contributed by atoms with Gasteiger partial charge in [-0.2, -0.15) is 0 Å². The highest BCUT2D eigenvalue weighted by Crippen LogP contribution is 2.57. The number of furan rings is 1. The minimum absolute atomic E-state index is 0.424. The summed E-state index contributed by atoms with van der Waals surface area (Å²) in [5.41, 5.74) is 4.40. The highest BCUT2D eigenvalue weighted by atomic mass is 16.3. The molecule has 3 N–H and O–H groups in total. The van der Waals surface area contributed by atoms with E-state index in [1.54, 1.807) is 6.26 Å². The molecule has 4 saturated carbocycles. The molecule has 1 aromatic heterocycles. The Kier molecular flexibility index (Phi) is 2.92. The van der Waals surface area contributed by atoms with Crippen LogP contribution >= 0.6 is 0 Å². The lowest BCUT2D eigenvalue weighted by molar-refractivity contribution is -0.0517. The molecular weight excluding hydrogens is 236 g/mol. The standard InChI is InChI=1S/C16H24N2O/c17-18-15(8-10-1-2-19-9-10)16-13-4-11-3-12(6-13)7-14(16)5-11/h1-2,9,11-16,18H,3-8,17H2. The third kappa shape index (κ3) is 2.03. The molecule has 3 heteroatoms. The number of hydrazine groups is 1. The first-order valence-corrected chi connectivity index (χ1v) is 7.80. The van der Waals surface area contributed by atoms with Crippen LogP contribution in [0.25, 0.3) is 0 Å². The van der Waals surface area contributed by atoms with Gasteiger partial charge in [-0.3, -0.25) is 11.3 Å². The Morgan fingerprint density at radius 1 is 1.16 bits per heavy atom. The highest BCUT2D eigenvalue weighted by molar-refractivity contribution is 5.10. The fourth-order valence-corrected chi connectivity index (χ4v) is 5.59. The van der Waals surface area contributed by atoms with Gasteiger partial charge in [0, 0.05) is 6.04 Å². The Bertz CT molecular complexity index is 400. The molecule has 4 aliphatic carbocycles. The van der Waals surface area contributed by atoms with Crippen molar-refractivity contribution in [1.82, 2.24) is 5.43 Å². The van der Waals surface area contributed by atoms with Crippen LogP contribution in [-0.4, -0.2) is 6.04 Å². The second-order valence-corrected chi connectivity index (χ2v) is 7.12. The minimum Gasteiger partial charge on any atom is -0.472 e. The molecule has 1 heterocycles. The summed E-state index contributed by atoms with van der Waals surface area (Å²) in [6, 6.07) is 2.49. The van der Waals surface area contributed by atoms with E-state index in [1.807, 2.05) is 6.26 Å². The summed E-state index contributed by atoms with van der Waals surface area (Å²) < 4.78 is 5.20. The van der Waals surface area contributed by atoms with E-state index < -0.39 is 0 Å². The zero-order valence-corrected chi connectivity index (χ0v) is 11.4. The molecule has 1 atom stereocenters. The number of nitrogens with two attached hydrogens (primary N) is 1. The lowest BCUT2D eigenvalue weighted by atomic mass is 9.50. The Morgan fingerprint density at radius 2 is 1.84 bits per heavy atom. The van der Waals surface area contributed by atoms with Crippen LogP contribution in [0.1, 0.15) is 37.7 Å². The van der Waals surface area contributed by atoms with Crippen molar-refractivity contribution >= 4 is 0 Å². The second-order valence-electron chi connectivity index (χ2n) is 7.12. The van der Waals surface area contributed by atoms with Crippen molar-refractivity contribution in [3.63, 3.8) is 0 Å². The Hall–Kier alpha value is -0.800. The molecule has 0 spiro atoms. The van der Waals surface area contributed by atoms with E-state index >= 15 is 0 Å². The van der Waals surface area contributed by atoms with Gasteiger partial charge < -0.3 is 4.42 Å². The van der Waals surface area contributed by atoms with Crippen molar-refractivity contribution in [1.29, 1.82) is 0 Å². The second kappa shape index (κ2) is 4.64. The number of rotatable bonds is 4. The van der Waals surface area contributed by atoms with E-state index in [4.69, 9.17) is 10.3 Å². The SMILES string of the molecule is NNC(Cc1ccoc1)C1C2CC3CC(C2)CC1C3. The maximum atomic E-state index is 5.89. The van der Waals surface area contributed by atoms with Crippen LogP contribution in [0.2, 0.25) is 0 Å². The van der Waals surface area contributed by atoms with Gasteiger partial charge in [0.05, 0.1) is 12.5 Å². The molecule has 104 valence electrons. The molecule has 0 amide bonds. The Balaban J connectivity index is 1.53. The van der Waals surface area contributed by atoms with E-state index in [1.165, 1.54) is 37.7 Å². The minimum atomic E-state index is 0.424. The summed E-state index contributed by atoms with van der Waals surface area (Å²) in [6.07, 6.45) is 12.0. The average molecular weight is 260 g/mol. The zero-order chi connectivity index (χ0) is 12.8. The first kappa shape index (κ1) is 12.0. The molecule has 5 rings (SSSR count). The van der Waals surface area contributed by atoms with Crippen LogP contribution in [0, 0.1) is 29.6 Å². The van der Waals surface area contributed by atoms with Crippen LogP contribution in [0.3, 0.4) is 0 Å². The van der Waals surface area contributed by atoms with Crippen molar-refractivity contribution < 1.29 is 4.42 Å². The van der Waals surface area contributed by atoms with Gasteiger partial charge in [-0.25, -0.2) is 0 Å². The van der Waals surface area contributed by atoms with Crippen molar-refractivity contribution in [3.8, 4) is 0 Å². The van der Waals surface area contributed by atoms with Crippen LogP contribution in [0.15, 0.2) is 23.0 Å². The molecule has 0 saturated heterocycles.